The van der Waals surface area contributed by atoms with Gasteiger partial charge in [-0.3, -0.25) is 29.4 Å². The summed E-state index contributed by atoms with van der Waals surface area (Å²) in [7, 11) is 1.44. The number of halogens is 1. The number of pyridine rings is 2. The number of imide groups is 1. The summed E-state index contributed by atoms with van der Waals surface area (Å²) in [6.07, 6.45) is 6.30. The molecule has 0 saturated carbocycles. The molecule has 0 bridgehead atoms. The van der Waals surface area contributed by atoms with Crippen LogP contribution >= 0.6 is 0 Å². The van der Waals surface area contributed by atoms with E-state index in [1.165, 1.54) is 19.2 Å². The van der Waals surface area contributed by atoms with Gasteiger partial charge in [0.2, 0.25) is 11.8 Å². The molecule has 0 spiro atoms. The highest BCUT2D eigenvalue weighted by atomic mass is 19.1. The summed E-state index contributed by atoms with van der Waals surface area (Å²) < 4.78 is 20.9. The van der Waals surface area contributed by atoms with Crippen LogP contribution in [0.1, 0.15) is 57.5 Å². The van der Waals surface area contributed by atoms with E-state index in [1.54, 1.807) is 11.1 Å². The van der Waals surface area contributed by atoms with Gasteiger partial charge in [0, 0.05) is 88.3 Å². The van der Waals surface area contributed by atoms with E-state index in [9.17, 15) is 23.6 Å². The van der Waals surface area contributed by atoms with E-state index in [-0.39, 0.29) is 36.3 Å². The molecule has 6 aromatic rings. The minimum Gasteiger partial charge on any atom is -0.496 e. The van der Waals surface area contributed by atoms with Crippen molar-refractivity contribution in [3.8, 4) is 22.7 Å². The Labute approximate surface area is 380 Å². The van der Waals surface area contributed by atoms with Gasteiger partial charge in [0.25, 0.3) is 11.8 Å². The van der Waals surface area contributed by atoms with Crippen molar-refractivity contribution in [2.24, 2.45) is 5.92 Å². The summed E-state index contributed by atoms with van der Waals surface area (Å²) in [6, 6.07) is 22.9. The Bertz CT molecular complexity index is 2840. The number of nitrogens with two attached hydrogens (primary N) is 1. The van der Waals surface area contributed by atoms with Crippen molar-refractivity contribution < 1.29 is 28.3 Å². The normalized spacial score (nSPS) is 18.2. The lowest BCUT2D eigenvalue weighted by Crippen LogP contribution is -2.52. The summed E-state index contributed by atoms with van der Waals surface area (Å²) >= 11 is 0. The fourth-order valence-electron chi connectivity index (χ4n) is 9.75. The molecule has 16 nitrogen and oxygen atoms in total. The van der Waals surface area contributed by atoms with Crippen molar-refractivity contribution in [3.05, 3.63) is 119 Å². The summed E-state index contributed by atoms with van der Waals surface area (Å²) in [5.41, 5.74) is 13.2. The number of carbonyl (C=O) groups excluding carboxylic acids is 4. The van der Waals surface area contributed by atoms with Crippen LogP contribution < -0.4 is 30.9 Å². The summed E-state index contributed by atoms with van der Waals surface area (Å²) in [6.45, 7) is 7.24. The first-order valence-corrected chi connectivity index (χ1v) is 22.4. The van der Waals surface area contributed by atoms with Crippen LogP contribution in [0.4, 0.5) is 21.7 Å². The van der Waals surface area contributed by atoms with Gasteiger partial charge in [-0.15, -0.1) is 0 Å². The number of methoxy groups -OCH3 is 1. The van der Waals surface area contributed by atoms with Gasteiger partial charge in [-0.25, -0.2) is 19.0 Å². The number of rotatable bonds is 11. The molecule has 1 unspecified atom stereocenters. The Morgan fingerprint density at radius 1 is 0.879 bits per heavy atom. The molecule has 338 valence electrons. The van der Waals surface area contributed by atoms with Gasteiger partial charge in [0.1, 0.15) is 34.9 Å². The maximum Gasteiger partial charge on any atom is 0.255 e. The zero-order valence-corrected chi connectivity index (χ0v) is 36.6. The highest BCUT2D eigenvalue weighted by molar-refractivity contribution is 6.05. The van der Waals surface area contributed by atoms with E-state index in [4.69, 9.17) is 20.6 Å². The number of hydrogen-bond donors (Lipinski definition) is 3. The number of nitrogens with one attached hydrogen (secondary N) is 2. The van der Waals surface area contributed by atoms with Crippen molar-refractivity contribution in [2.45, 2.75) is 44.8 Å². The Morgan fingerprint density at radius 3 is 2.41 bits per heavy atom. The van der Waals surface area contributed by atoms with Gasteiger partial charge in [-0.05, 0) is 90.9 Å². The second-order valence-electron chi connectivity index (χ2n) is 17.4. The maximum atomic E-state index is 13.9. The second kappa shape index (κ2) is 17.9. The van der Waals surface area contributed by atoms with Crippen molar-refractivity contribution in [3.63, 3.8) is 0 Å². The number of nitrogen functional groups attached to an aromatic ring is 1. The van der Waals surface area contributed by atoms with Gasteiger partial charge < -0.3 is 30.5 Å². The van der Waals surface area contributed by atoms with Gasteiger partial charge in [0.15, 0.2) is 0 Å². The molecule has 3 fully saturated rings. The zero-order chi connectivity index (χ0) is 45.5. The van der Waals surface area contributed by atoms with Crippen LogP contribution in [-0.2, 0) is 22.7 Å². The molecule has 66 heavy (non-hydrogen) atoms. The fourth-order valence-corrected chi connectivity index (χ4v) is 9.75. The highest BCUT2D eigenvalue weighted by Crippen LogP contribution is 2.35. The third-order valence-corrected chi connectivity index (χ3v) is 13.4. The number of nitrogens with zero attached hydrogens (tertiary/aromatic N) is 8. The summed E-state index contributed by atoms with van der Waals surface area (Å²) in [5.74, 6) is 0.397. The number of aromatic nitrogens is 4. The number of fused-ring (bicyclic) bond motifs is 2. The van der Waals surface area contributed by atoms with Crippen LogP contribution in [0.5, 0.6) is 5.75 Å². The Balaban J connectivity index is 0.726. The minimum absolute atomic E-state index is 0.124. The third-order valence-electron chi connectivity index (χ3n) is 13.4. The number of amides is 4. The highest BCUT2D eigenvalue weighted by Gasteiger charge is 2.39. The van der Waals surface area contributed by atoms with E-state index in [2.05, 4.69) is 36.4 Å². The molecule has 4 amide bonds. The lowest BCUT2D eigenvalue weighted by Gasteiger charge is -2.39. The van der Waals surface area contributed by atoms with Gasteiger partial charge in [-0.2, -0.15) is 5.10 Å². The molecule has 7 heterocycles. The Hall–Kier alpha value is -7.40. The number of benzene rings is 3. The zero-order valence-electron chi connectivity index (χ0n) is 36.6. The van der Waals surface area contributed by atoms with Crippen molar-refractivity contribution >= 4 is 51.9 Å². The fraction of sp³-hybridized carbons (Fsp3) is 0.327. The van der Waals surface area contributed by atoms with Crippen LogP contribution in [0.2, 0.25) is 0 Å². The molecule has 3 aromatic heterocycles. The first-order valence-electron chi connectivity index (χ1n) is 22.4. The number of piperazine rings is 1. The van der Waals surface area contributed by atoms with Crippen LogP contribution in [-0.4, -0.2) is 112 Å². The van der Waals surface area contributed by atoms with Gasteiger partial charge in [-0.1, -0.05) is 24.3 Å². The SMILES string of the molecule is COc1ccc(F)cc1C(=O)NCc1ccc(-c2nn(-c3ccc(N4CCN(CC5CCN(c6ccc7c(c6)CN(C6CCC(=O)NC6=O)C7=O)CC5)CC4)nc3)c3ccnc(N)c23)cc1. The maximum absolute atomic E-state index is 13.9. The standard InChI is InChI=1S/C49H50FN11O5/c1-66-41-11-6-34(50)25-38(41)47(63)54-26-30-2-4-32(5-3-30)45-44-39(14-17-52-46(44)51)61(56-45)36-8-12-42(53-27-36)59-22-20-57(21-23-59)28-31-15-18-58(19-16-31)35-7-9-37-33(24-35)29-60(49(37)65)40-10-13-43(62)55-48(40)64/h2-9,11-12,14,17,24-25,27,31,40H,10,13,15-16,18-23,26,28-29H2,1H3,(H2,51,52)(H,54,63)(H,55,62,64). The van der Waals surface area contributed by atoms with Gasteiger partial charge in [0.05, 0.1) is 35.5 Å². The van der Waals surface area contributed by atoms with Gasteiger partial charge >= 0.3 is 0 Å². The van der Waals surface area contributed by atoms with E-state index in [0.29, 0.717) is 41.7 Å². The molecule has 10 rings (SSSR count). The van der Waals surface area contributed by atoms with Crippen LogP contribution in [0.15, 0.2) is 91.3 Å². The molecule has 0 radical (unpaired) electrons. The number of anilines is 3. The molecule has 3 saturated heterocycles. The predicted octanol–water partition coefficient (Wildman–Crippen LogP) is 4.94. The molecule has 0 aliphatic carbocycles. The average molecular weight is 892 g/mol. The third kappa shape index (κ3) is 8.37. The number of carbonyl (C=O) groups is 4. The monoisotopic (exact) mass is 891 g/mol. The molecule has 4 N–H and O–H groups in total. The van der Waals surface area contributed by atoms with E-state index >= 15 is 0 Å². The van der Waals surface area contributed by atoms with E-state index in [0.717, 1.165) is 110 Å². The molecular weight excluding hydrogens is 842 g/mol. The van der Waals surface area contributed by atoms with E-state index in [1.807, 2.05) is 65.5 Å². The molecule has 3 aromatic carbocycles. The van der Waals surface area contributed by atoms with Crippen molar-refractivity contribution in [2.75, 3.05) is 68.5 Å². The number of ether oxygens (including phenoxy) is 1. The molecule has 4 aliphatic heterocycles. The quantitative estimate of drug-likeness (QED) is 0.149. The van der Waals surface area contributed by atoms with E-state index < -0.39 is 17.8 Å². The second-order valence-corrected chi connectivity index (χ2v) is 17.4. The number of hydrogen-bond acceptors (Lipinski definition) is 12. The van der Waals surface area contributed by atoms with Crippen LogP contribution in [0, 0.1) is 11.7 Å². The molecule has 1 atom stereocenters. The average Bonchev–Trinajstić information content (AvgIpc) is 3.89. The lowest BCUT2D eigenvalue weighted by molar-refractivity contribution is -0.136. The molecule has 4 aliphatic rings. The summed E-state index contributed by atoms with van der Waals surface area (Å²) in [5, 5.41) is 11.0. The Morgan fingerprint density at radius 2 is 1.67 bits per heavy atom. The topological polar surface area (TPSA) is 184 Å². The first kappa shape index (κ1) is 42.5. The van der Waals surface area contributed by atoms with Crippen LogP contribution in [0.25, 0.3) is 27.8 Å². The lowest BCUT2D eigenvalue weighted by atomic mass is 9.95. The first-order chi connectivity index (χ1) is 32.1. The predicted molar refractivity (Wildman–Crippen MR) is 247 cm³/mol. The smallest absolute Gasteiger partial charge is 0.255 e. The van der Waals surface area contributed by atoms with Crippen LogP contribution in [0.3, 0.4) is 0 Å². The minimum atomic E-state index is -0.610. The molecular formula is C49H50FN11O5. The van der Waals surface area contributed by atoms with Crippen molar-refractivity contribution in [1.29, 1.82) is 0 Å². The number of piperidine rings is 2. The molecule has 17 heteroatoms. The van der Waals surface area contributed by atoms with Crippen molar-refractivity contribution in [1.82, 2.24) is 40.2 Å². The summed E-state index contributed by atoms with van der Waals surface area (Å²) in [4.78, 5) is 68.3. The Kier molecular flexibility index (Phi) is 11.5. The largest absolute Gasteiger partial charge is 0.496 e.